The standard InChI is InChI=1S/C12H18N2O2S/c13-14-12(16)4-2-1-3-9-17-11-7-5-10(15)6-8-11/h5-8,15H,1-4,9,13H2,(H,14,16). The molecule has 0 radical (unpaired) electrons. The number of amides is 1. The highest BCUT2D eigenvalue weighted by molar-refractivity contribution is 7.99. The van der Waals surface area contributed by atoms with E-state index in [1.807, 2.05) is 12.1 Å². The summed E-state index contributed by atoms with van der Waals surface area (Å²) in [6.07, 6.45) is 3.47. The van der Waals surface area contributed by atoms with Crippen LogP contribution in [0, 0.1) is 0 Å². The summed E-state index contributed by atoms with van der Waals surface area (Å²) < 4.78 is 0. The van der Waals surface area contributed by atoms with Gasteiger partial charge in [-0.2, -0.15) is 0 Å². The second-order valence-corrected chi connectivity index (χ2v) is 4.89. The number of hydrogen-bond donors (Lipinski definition) is 3. The topological polar surface area (TPSA) is 75.3 Å². The molecule has 4 N–H and O–H groups in total. The number of aromatic hydroxyl groups is 1. The molecule has 94 valence electrons. The molecule has 1 rings (SSSR count). The lowest BCUT2D eigenvalue weighted by molar-refractivity contribution is -0.121. The molecule has 0 saturated heterocycles. The quantitative estimate of drug-likeness (QED) is 0.229. The molecule has 0 fully saturated rings. The number of nitrogens with one attached hydrogen (secondary N) is 1. The highest BCUT2D eigenvalue weighted by atomic mass is 32.2. The van der Waals surface area contributed by atoms with Gasteiger partial charge in [-0.3, -0.25) is 10.2 Å². The largest absolute Gasteiger partial charge is 0.508 e. The van der Waals surface area contributed by atoms with Gasteiger partial charge in [-0.05, 0) is 42.9 Å². The van der Waals surface area contributed by atoms with Gasteiger partial charge in [-0.25, -0.2) is 5.84 Å². The van der Waals surface area contributed by atoms with Crippen molar-refractivity contribution < 1.29 is 9.90 Å². The van der Waals surface area contributed by atoms with Gasteiger partial charge in [0, 0.05) is 11.3 Å². The Morgan fingerprint density at radius 1 is 1.24 bits per heavy atom. The number of hydrazine groups is 1. The summed E-state index contributed by atoms with van der Waals surface area (Å²) in [5.41, 5.74) is 2.12. The van der Waals surface area contributed by atoms with E-state index >= 15 is 0 Å². The number of nitrogens with two attached hydrogens (primary N) is 1. The molecule has 0 unspecified atom stereocenters. The van der Waals surface area contributed by atoms with Crippen LogP contribution in [0.25, 0.3) is 0 Å². The molecule has 4 nitrogen and oxygen atoms in total. The third-order valence-corrected chi connectivity index (χ3v) is 3.41. The fourth-order valence-electron chi connectivity index (χ4n) is 1.37. The molecular weight excluding hydrogens is 236 g/mol. The van der Waals surface area contributed by atoms with Gasteiger partial charge in [0.25, 0.3) is 0 Å². The predicted molar refractivity (Wildman–Crippen MR) is 69.6 cm³/mol. The van der Waals surface area contributed by atoms with E-state index in [0.717, 1.165) is 29.9 Å². The molecule has 1 amide bonds. The zero-order chi connectivity index (χ0) is 12.5. The minimum Gasteiger partial charge on any atom is -0.508 e. The molecule has 0 aliphatic carbocycles. The van der Waals surface area contributed by atoms with Gasteiger partial charge in [-0.1, -0.05) is 6.42 Å². The fourth-order valence-corrected chi connectivity index (χ4v) is 2.28. The van der Waals surface area contributed by atoms with Crippen molar-refractivity contribution in [2.24, 2.45) is 5.84 Å². The summed E-state index contributed by atoms with van der Waals surface area (Å²) in [5, 5.41) is 9.12. The summed E-state index contributed by atoms with van der Waals surface area (Å²) in [4.78, 5) is 12.0. The van der Waals surface area contributed by atoms with Crippen LogP contribution in [0.15, 0.2) is 29.2 Å². The first kappa shape index (κ1) is 13.9. The maximum Gasteiger partial charge on any atom is 0.233 e. The first-order chi connectivity index (χ1) is 8.22. The Bertz CT molecular complexity index is 341. The molecular formula is C12H18N2O2S. The third kappa shape index (κ3) is 6.19. The van der Waals surface area contributed by atoms with Crippen LogP contribution in [-0.2, 0) is 4.79 Å². The van der Waals surface area contributed by atoms with Crippen molar-refractivity contribution >= 4 is 17.7 Å². The van der Waals surface area contributed by atoms with Crippen LogP contribution < -0.4 is 11.3 Å². The normalized spacial score (nSPS) is 10.2. The second-order valence-electron chi connectivity index (χ2n) is 3.72. The van der Waals surface area contributed by atoms with E-state index in [9.17, 15) is 4.79 Å². The minimum atomic E-state index is -0.101. The number of phenolic OH excluding ortho intramolecular Hbond substituents is 1. The molecule has 0 aromatic heterocycles. The Kier molecular flexibility index (Phi) is 6.50. The SMILES string of the molecule is NNC(=O)CCCCCSc1ccc(O)cc1. The monoisotopic (exact) mass is 254 g/mol. The van der Waals surface area contributed by atoms with E-state index < -0.39 is 0 Å². The number of thioether (sulfide) groups is 1. The summed E-state index contributed by atoms with van der Waals surface area (Å²) in [5.74, 6) is 6.19. The van der Waals surface area contributed by atoms with Crippen LogP contribution in [0.3, 0.4) is 0 Å². The van der Waals surface area contributed by atoms with Crippen LogP contribution >= 0.6 is 11.8 Å². The number of phenols is 1. The third-order valence-electron chi connectivity index (χ3n) is 2.31. The van der Waals surface area contributed by atoms with Crippen molar-refractivity contribution in [2.45, 2.75) is 30.6 Å². The molecule has 1 aromatic carbocycles. The van der Waals surface area contributed by atoms with Crippen molar-refractivity contribution in [1.29, 1.82) is 0 Å². The van der Waals surface area contributed by atoms with Crippen molar-refractivity contribution in [1.82, 2.24) is 5.43 Å². The van der Waals surface area contributed by atoms with Gasteiger partial charge in [-0.15, -0.1) is 11.8 Å². The van der Waals surface area contributed by atoms with Crippen molar-refractivity contribution in [3.05, 3.63) is 24.3 Å². The fraction of sp³-hybridized carbons (Fsp3) is 0.417. The zero-order valence-corrected chi connectivity index (χ0v) is 10.5. The van der Waals surface area contributed by atoms with Crippen molar-refractivity contribution in [3.63, 3.8) is 0 Å². The van der Waals surface area contributed by atoms with E-state index in [4.69, 9.17) is 10.9 Å². The maximum atomic E-state index is 10.8. The predicted octanol–water partition coefficient (Wildman–Crippen LogP) is 2.03. The molecule has 0 saturated carbocycles. The maximum absolute atomic E-state index is 10.8. The number of rotatable bonds is 7. The highest BCUT2D eigenvalue weighted by Gasteiger charge is 1.98. The Labute approximate surface area is 106 Å². The van der Waals surface area contributed by atoms with Gasteiger partial charge in [0.2, 0.25) is 5.91 Å². The highest BCUT2D eigenvalue weighted by Crippen LogP contribution is 2.21. The molecule has 5 heteroatoms. The van der Waals surface area contributed by atoms with E-state index in [1.165, 1.54) is 0 Å². The smallest absolute Gasteiger partial charge is 0.233 e. The van der Waals surface area contributed by atoms with Gasteiger partial charge in [0.15, 0.2) is 0 Å². The minimum absolute atomic E-state index is 0.101. The van der Waals surface area contributed by atoms with Crippen LogP contribution in [0.1, 0.15) is 25.7 Å². The van der Waals surface area contributed by atoms with E-state index in [0.29, 0.717) is 12.2 Å². The van der Waals surface area contributed by atoms with Gasteiger partial charge >= 0.3 is 0 Å². The molecule has 1 aromatic rings. The van der Waals surface area contributed by atoms with Crippen LogP contribution in [-0.4, -0.2) is 16.8 Å². The van der Waals surface area contributed by atoms with E-state index in [-0.39, 0.29) is 5.91 Å². The molecule has 0 bridgehead atoms. The second kappa shape index (κ2) is 7.97. The van der Waals surface area contributed by atoms with Crippen molar-refractivity contribution in [2.75, 3.05) is 5.75 Å². The molecule has 17 heavy (non-hydrogen) atoms. The number of hydrogen-bond acceptors (Lipinski definition) is 4. The first-order valence-corrected chi connectivity index (χ1v) is 6.62. The summed E-state index contributed by atoms with van der Waals surface area (Å²) in [6, 6.07) is 7.19. The van der Waals surface area contributed by atoms with Gasteiger partial charge in [0.1, 0.15) is 5.75 Å². The summed E-state index contributed by atoms with van der Waals surface area (Å²) >= 11 is 1.76. The zero-order valence-electron chi connectivity index (χ0n) is 9.69. The lowest BCUT2D eigenvalue weighted by Crippen LogP contribution is -2.29. The Balaban J connectivity index is 2.04. The molecule has 0 heterocycles. The van der Waals surface area contributed by atoms with Gasteiger partial charge in [0.05, 0.1) is 0 Å². The number of carbonyl (C=O) groups excluding carboxylic acids is 1. The van der Waals surface area contributed by atoms with Gasteiger partial charge < -0.3 is 5.11 Å². The lowest BCUT2D eigenvalue weighted by atomic mass is 10.2. The average Bonchev–Trinajstić information content (AvgIpc) is 2.35. The van der Waals surface area contributed by atoms with Crippen LogP contribution in [0.5, 0.6) is 5.75 Å². The molecule has 0 atom stereocenters. The van der Waals surface area contributed by atoms with E-state index in [2.05, 4.69) is 5.43 Å². The van der Waals surface area contributed by atoms with Crippen LogP contribution in [0.4, 0.5) is 0 Å². The summed E-state index contributed by atoms with van der Waals surface area (Å²) in [7, 11) is 0. The summed E-state index contributed by atoms with van der Waals surface area (Å²) in [6.45, 7) is 0. The first-order valence-electron chi connectivity index (χ1n) is 5.63. The average molecular weight is 254 g/mol. The molecule has 0 aliphatic heterocycles. The number of carbonyl (C=O) groups is 1. The number of benzene rings is 1. The Hall–Kier alpha value is -1.20. The number of unbranched alkanes of at least 4 members (excludes halogenated alkanes) is 2. The lowest BCUT2D eigenvalue weighted by Gasteiger charge is -2.02. The van der Waals surface area contributed by atoms with E-state index in [1.54, 1.807) is 23.9 Å². The Morgan fingerprint density at radius 2 is 1.94 bits per heavy atom. The van der Waals surface area contributed by atoms with Crippen molar-refractivity contribution in [3.8, 4) is 5.75 Å². The molecule has 0 spiro atoms. The molecule has 0 aliphatic rings. The van der Waals surface area contributed by atoms with Crippen LogP contribution in [0.2, 0.25) is 0 Å². The Morgan fingerprint density at radius 3 is 2.59 bits per heavy atom.